The molecule has 0 saturated carbocycles. The van der Waals surface area contributed by atoms with Gasteiger partial charge >= 0.3 is 0 Å². The maximum Gasteiger partial charge on any atom is 0.137 e. The van der Waals surface area contributed by atoms with Crippen molar-refractivity contribution < 1.29 is 0 Å². The molecule has 0 unspecified atom stereocenters. The predicted octanol–water partition coefficient (Wildman–Crippen LogP) is 14.3. The van der Waals surface area contributed by atoms with Crippen LogP contribution in [0.1, 0.15) is 11.1 Å². The van der Waals surface area contributed by atoms with E-state index in [9.17, 15) is 0 Å². The van der Waals surface area contributed by atoms with Gasteiger partial charge in [0.1, 0.15) is 13.9 Å². The van der Waals surface area contributed by atoms with Crippen LogP contribution in [0.25, 0.3) is 77.9 Å². The van der Waals surface area contributed by atoms with Crippen LogP contribution in [0.3, 0.4) is 0 Å². The number of hydrogen-bond donors (Lipinski definition) is 0. The van der Waals surface area contributed by atoms with E-state index < -0.39 is 8.07 Å². The van der Waals surface area contributed by atoms with Gasteiger partial charge in [-0.2, -0.15) is 0 Å². The summed E-state index contributed by atoms with van der Waals surface area (Å²) in [6.07, 6.45) is 6.38. The molecule has 2 nitrogen and oxygen atoms in total. The Morgan fingerprint density at radius 1 is 0.417 bits per heavy atom. The molecule has 1 aliphatic rings. The minimum atomic E-state index is -2.05. The summed E-state index contributed by atoms with van der Waals surface area (Å²) < 4.78 is 0. The molecule has 0 atom stereocenters. The molecule has 0 amide bonds. The topological polar surface area (TPSA) is 16.1 Å². The highest BCUT2D eigenvalue weighted by atomic mass is 28.3. The lowest BCUT2D eigenvalue weighted by Gasteiger charge is -2.24. The third-order valence-corrected chi connectivity index (χ3v) is 16.0. The van der Waals surface area contributed by atoms with Gasteiger partial charge in [0.05, 0.1) is 0 Å². The van der Waals surface area contributed by atoms with Crippen molar-refractivity contribution in [1.29, 1.82) is 0 Å². The highest BCUT2D eigenvalue weighted by Gasteiger charge is 2.38. The molecule has 10 aromatic rings. The Labute approximate surface area is 352 Å². The highest BCUT2D eigenvalue weighted by molar-refractivity contribution is 7.03. The zero-order valence-corrected chi connectivity index (χ0v) is 34.7. The molecule has 0 fully saturated rings. The number of nitrogens with zero attached hydrogens (tertiary/aromatic N) is 2. The Morgan fingerprint density at radius 2 is 0.933 bits per heavy atom. The van der Waals surface area contributed by atoms with E-state index in [4.69, 9.17) is 4.98 Å². The molecule has 0 spiro atoms. The van der Waals surface area contributed by atoms with E-state index in [2.05, 4.69) is 218 Å². The van der Waals surface area contributed by atoms with Gasteiger partial charge in [0.15, 0.2) is 0 Å². The van der Waals surface area contributed by atoms with Crippen LogP contribution in [-0.4, -0.2) is 13.1 Å². The van der Waals surface area contributed by atoms with Gasteiger partial charge in [-0.1, -0.05) is 189 Å². The largest absolute Gasteiger partial charge is 0.295 e. The van der Waals surface area contributed by atoms with Crippen LogP contribution in [0, 0.1) is 0 Å². The van der Waals surface area contributed by atoms with Crippen molar-refractivity contribution >= 4 is 80.1 Å². The van der Waals surface area contributed by atoms with Crippen molar-refractivity contribution in [2.24, 2.45) is 0 Å². The van der Waals surface area contributed by atoms with Gasteiger partial charge in [-0.15, -0.1) is 0 Å². The number of anilines is 3. The van der Waals surface area contributed by atoms with Crippen molar-refractivity contribution in [3.05, 3.63) is 218 Å². The second kappa shape index (κ2) is 14.5. The van der Waals surface area contributed by atoms with Gasteiger partial charge in [-0.25, -0.2) is 4.98 Å². The first-order valence-electron chi connectivity index (χ1n) is 20.8. The fourth-order valence-corrected chi connectivity index (χ4v) is 12.7. The van der Waals surface area contributed by atoms with Gasteiger partial charge in [0.2, 0.25) is 0 Å². The maximum absolute atomic E-state index is 4.94. The molecule has 3 heteroatoms. The number of aromatic nitrogens is 1. The van der Waals surface area contributed by atoms with Crippen LogP contribution >= 0.6 is 0 Å². The Bertz CT molecular complexity index is 3180. The summed E-state index contributed by atoms with van der Waals surface area (Å²) in [4.78, 5) is 7.13. The average molecular weight is 783 g/mol. The summed E-state index contributed by atoms with van der Waals surface area (Å²) in [6.45, 7) is 5.03. The fraction of sp³-hybridized carbons (Fsp3) is 0.0351. The van der Waals surface area contributed by atoms with Gasteiger partial charge in [-0.05, 0) is 124 Å². The van der Waals surface area contributed by atoms with Gasteiger partial charge in [0.25, 0.3) is 0 Å². The number of benzene rings is 9. The van der Waals surface area contributed by atoms with E-state index in [1.807, 2.05) is 18.3 Å². The number of para-hydroxylation sites is 2. The summed E-state index contributed by atoms with van der Waals surface area (Å²) in [7, 11) is -2.05. The van der Waals surface area contributed by atoms with Crippen molar-refractivity contribution in [2.75, 3.05) is 4.90 Å². The highest BCUT2D eigenvalue weighted by Crippen LogP contribution is 2.46. The standard InChI is InChI=1S/C57H42N2Si/c1-60(2)53-36-39(28-29-40-31-35-55(58-38-40)59(43-18-5-3-6-19-43)44-20-7-4-8-21-44)30-33-46(53)47-34-32-42(37-54(47)60)56-49-23-11-13-25-51(49)57(52-26-14-12-24-50(52)56)48-27-15-17-41-16-9-10-22-45(41)48/h3-38H,1-2H3/b29-28+. The number of hydrogen-bond acceptors (Lipinski definition) is 2. The molecular weight excluding hydrogens is 741 g/mol. The zero-order valence-electron chi connectivity index (χ0n) is 33.7. The molecule has 1 aromatic heterocycles. The molecule has 284 valence electrons. The smallest absolute Gasteiger partial charge is 0.137 e. The Kier molecular flexibility index (Phi) is 8.65. The van der Waals surface area contributed by atoms with Crippen LogP contribution in [0.2, 0.25) is 13.1 Å². The van der Waals surface area contributed by atoms with Crippen LogP contribution in [-0.2, 0) is 0 Å². The van der Waals surface area contributed by atoms with E-state index in [0.29, 0.717) is 0 Å². The van der Waals surface area contributed by atoms with Gasteiger partial charge in [0, 0.05) is 17.6 Å². The molecule has 0 N–H and O–H groups in total. The second-order valence-corrected chi connectivity index (χ2v) is 20.7. The van der Waals surface area contributed by atoms with Crippen molar-refractivity contribution in [3.63, 3.8) is 0 Å². The van der Waals surface area contributed by atoms with Crippen LogP contribution in [0.5, 0.6) is 0 Å². The molecule has 11 rings (SSSR count). The molecule has 0 bridgehead atoms. The maximum atomic E-state index is 4.94. The summed E-state index contributed by atoms with van der Waals surface area (Å²) in [5, 5.41) is 10.7. The van der Waals surface area contributed by atoms with E-state index in [-0.39, 0.29) is 0 Å². The predicted molar refractivity (Wildman–Crippen MR) is 260 cm³/mol. The molecule has 0 radical (unpaired) electrons. The lowest BCUT2D eigenvalue weighted by Crippen LogP contribution is -2.49. The average Bonchev–Trinajstić information content (AvgIpc) is 3.53. The van der Waals surface area contributed by atoms with Gasteiger partial charge in [-0.3, -0.25) is 4.90 Å². The number of fused-ring (bicyclic) bond motifs is 6. The summed E-state index contributed by atoms with van der Waals surface area (Å²) >= 11 is 0. The minimum Gasteiger partial charge on any atom is -0.295 e. The Balaban J connectivity index is 0.944. The first-order valence-corrected chi connectivity index (χ1v) is 23.8. The number of rotatable bonds is 7. The van der Waals surface area contributed by atoms with E-state index in [1.54, 1.807) is 0 Å². The molecule has 60 heavy (non-hydrogen) atoms. The summed E-state index contributed by atoms with van der Waals surface area (Å²) in [5.41, 5.74) is 12.4. The molecular formula is C57H42N2Si. The van der Waals surface area contributed by atoms with Crippen molar-refractivity contribution in [3.8, 4) is 33.4 Å². The van der Waals surface area contributed by atoms with E-state index in [0.717, 1.165) is 22.8 Å². The second-order valence-electron chi connectivity index (χ2n) is 16.3. The first kappa shape index (κ1) is 35.8. The molecule has 0 saturated heterocycles. The third-order valence-electron chi connectivity index (χ3n) is 12.5. The lowest BCUT2D eigenvalue weighted by molar-refractivity contribution is 1.18. The quantitative estimate of drug-likeness (QED) is 0.118. The monoisotopic (exact) mass is 782 g/mol. The van der Waals surface area contributed by atoms with Crippen LogP contribution in [0.15, 0.2) is 206 Å². The van der Waals surface area contributed by atoms with Crippen LogP contribution < -0.4 is 15.3 Å². The van der Waals surface area contributed by atoms with E-state index >= 15 is 0 Å². The van der Waals surface area contributed by atoms with Crippen LogP contribution in [0.4, 0.5) is 17.2 Å². The molecule has 1 aliphatic heterocycles. The normalized spacial score (nSPS) is 12.9. The molecule has 9 aromatic carbocycles. The third kappa shape index (κ3) is 5.97. The number of pyridine rings is 1. The zero-order chi connectivity index (χ0) is 40.2. The van der Waals surface area contributed by atoms with Crippen molar-refractivity contribution in [2.45, 2.75) is 13.1 Å². The minimum absolute atomic E-state index is 0.883. The lowest BCUT2D eigenvalue weighted by atomic mass is 9.84. The molecule has 2 heterocycles. The summed E-state index contributed by atoms with van der Waals surface area (Å²) in [5.74, 6) is 0.883. The SMILES string of the molecule is C[Si]1(C)c2cc(/C=C/c3ccc(N(c4ccccc4)c4ccccc4)nc3)ccc2-c2ccc(-c3c4ccccc4c(-c4cccc5ccccc45)c4ccccc34)cc21. The first-order chi connectivity index (χ1) is 29.5. The Morgan fingerprint density at radius 3 is 1.57 bits per heavy atom. The summed E-state index contributed by atoms with van der Waals surface area (Å²) in [6, 6.07) is 72.9. The fourth-order valence-electron chi connectivity index (χ4n) is 9.58. The van der Waals surface area contributed by atoms with Gasteiger partial charge < -0.3 is 0 Å². The molecule has 0 aliphatic carbocycles. The van der Waals surface area contributed by atoms with Crippen molar-refractivity contribution in [1.82, 2.24) is 4.98 Å². The van der Waals surface area contributed by atoms with E-state index in [1.165, 1.54) is 81.6 Å². The Hall–Kier alpha value is -7.33.